The number of aryl methyl sites for hydroxylation is 1. The molecule has 0 aromatic carbocycles. The summed E-state index contributed by atoms with van der Waals surface area (Å²) < 4.78 is 15.1. The Morgan fingerprint density at radius 3 is 2.94 bits per heavy atom. The molecule has 0 atom stereocenters. The van der Waals surface area contributed by atoms with E-state index in [0.29, 0.717) is 4.47 Å². The van der Waals surface area contributed by atoms with Gasteiger partial charge in [-0.3, -0.25) is 9.36 Å². The van der Waals surface area contributed by atoms with Gasteiger partial charge in [0.2, 0.25) is 0 Å². The highest BCUT2D eigenvalue weighted by molar-refractivity contribution is 9.10. The van der Waals surface area contributed by atoms with Crippen molar-refractivity contribution in [1.29, 1.82) is 0 Å². The molecule has 0 radical (unpaired) electrons. The first kappa shape index (κ1) is 11.0. The first-order valence-electron chi connectivity index (χ1n) is 4.59. The van der Waals surface area contributed by atoms with Crippen LogP contribution in [0.3, 0.4) is 0 Å². The van der Waals surface area contributed by atoms with Gasteiger partial charge in [0.25, 0.3) is 5.56 Å². The van der Waals surface area contributed by atoms with E-state index in [4.69, 9.17) is 0 Å². The molecule has 0 saturated carbocycles. The van der Waals surface area contributed by atoms with Crippen molar-refractivity contribution in [2.75, 3.05) is 0 Å². The molecule has 0 aliphatic rings. The lowest BCUT2D eigenvalue weighted by atomic mass is 10.3. The van der Waals surface area contributed by atoms with Gasteiger partial charge in [0, 0.05) is 12.4 Å². The van der Waals surface area contributed by atoms with E-state index in [0.717, 1.165) is 5.56 Å². The van der Waals surface area contributed by atoms with Crippen LogP contribution in [-0.4, -0.2) is 9.55 Å². The largest absolute Gasteiger partial charge is 0.270 e. The van der Waals surface area contributed by atoms with Crippen molar-refractivity contribution < 1.29 is 4.39 Å². The van der Waals surface area contributed by atoms with Crippen LogP contribution in [0.25, 0.3) is 5.82 Å². The fraction of sp³-hybridized carbons (Fsp3) is 0.0909. The molecule has 0 N–H and O–H groups in total. The first-order chi connectivity index (χ1) is 7.59. The highest BCUT2D eigenvalue weighted by Gasteiger charge is 2.09. The van der Waals surface area contributed by atoms with Crippen molar-refractivity contribution >= 4 is 15.9 Å². The Hall–Kier alpha value is -1.49. The smallest absolute Gasteiger partial charge is 0.268 e. The van der Waals surface area contributed by atoms with Gasteiger partial charge in [-0.15, -0.1) is 0 Å². The number of rotatable bonds is 1. The quantitative estimate of drug-likeness (QED) is 0.805. The maximum atomic E-state index is 13.5. The highest BCUT2D eigenvalue weighted by Crippen LogP contribution is 2.11. The van der Waals surface area contributed by atoms with Gasteiger partial charge in [0.05, 0.1) is 4.47 Å². The minimum atomic E-state index is -0.526. The van der Waals surface area contributed by atoms with Gasteiger partial charge in [-0.25, -0.2) is 9.37 Å². The average molecular weight is 283 g/mol. The van der Waals surface area contributed by atoms with Crippen LogP contribution in [-0.2, 0) is 0 Å². The third-order valence-electron chi connectivity index (χ3n) is 2.08. The van der Waals surface area contributed by atoms with Gasteiger partial charge < -0.3 is 0 Å². The summed E-state index contributed by atoms with van der Waals surface area (Å²) in [6.45, 7) is 1.82. The highest BCUT2D eigenvalue weighted by atomic mass is 79.9. The monoisotopic (exact) mass is 282 g/mol. The number of nitrogens with zero attached hydrogens (tertiary/aromatic N) is 2. The van der Waals surface area contributed by atoms with Gasteiger partial charge in [-0.2, -0.15) is 0 Å². The summed E-state index contributed by atoms with van der Waals surface area (Å²) in [4.78, 5) is 15.6. The summed E-state index contributed by atoms with van der Waals surface area (Å²) in [5, 5.41) is 0. The van der Waals surface area contributed by atoms with Crippen molar-refractivity contribution in [1.82, 2.24) is 9.55 Å². The lowest BCUT2D eigenvalue weighted by molar-refractivity contribution is 0.606. The lowest BCUT2D eigenvalue weighted by Crippen LogP contribution is -2.20. The topological polar surface area (TPSA) is 34.9 Å². The molecule has 0 saturated heterocycles. The maximum Gasteiger partial charge on any atom is 0.270 e. The zero-order chi connectivity index (χ0) is 11.7. The molecule has 5 heteroatoms. The number of hydrogen-bond acceptors (Lipinski definition) is 2. The van der Waals surface area contributed by atoms with Gasteiger partial charge in [-0.05, 0) is 46.6 Å². The normalized spacial score (nSPS) is 10.4. The number of hydrogen-bond donors (Lipinski definition) is 0. The Morgan fingerprint density at radius 2 is 2.25 bits per heavy atom. The fourth-order valence-electron chi connectivity index (χ4n) is 1.39. The molecule has 0 aliphatic heterocycles. The molecular formula is C11H8BrFN2O. The van der Waals surface area contributed by atoms with Gasteiger partial charge >= 0.3 is 0 Å². The van der Waals surface area contributed by atoms with Crippen LogP contribution in [0, 0.1) is 12.7 Å². The SMILES string of the molecule is Cc1cc(Br)c(=O)n(-c2ncccc2F)c1. The van der Waals surface area contributed by atoms with Crippen LogP contribution < -0.4 is 5.56 Å². The van der Waals surface area contributed by atoms with E-state index >= 15 is 0 Å². The Morgan fingerprint density at radius 1 is 1.50 bits per heavy atom. The van der Waals surface area contributed by atoms with Gasteiger partial charge in [0.1, 0.15) is 0 Å². The predicted molar refractivity (Wildman–Crippen MR) is 62.2 cm³/mol. The second kappa shape index (κ2) is 4.17. The Balaban J connectivity index is 2.75. The van der Waals surface area contributed by atoms with E-state index in [9.17, 15) is 9.18 Å². The van der Waals surface area contributed by atoms with E-state index in [1.165, 1.54) is 22.9 Å². The van der Waals surface area contributed by atoms with Crippen molar-refractivity contribution in [3.63, 3.8) is 0 Å². The second-order valence-electron chi connectivity index (χ2n) is 3.35. The molecule has 0 amide bonds. The van der Waals surface area contributed by atoms with Crippen molar-refractivity contribution in [3.05, 3.63) is 56.8 Å². The minimum Gasteiger partial charge on any atom is -0.268 e. The molecule has 3 nitrogen and oxygen atoms in total. The van der Waals surface area contributed by atoms with Crippen LogP contribution >= 0.6 is 15.9 Å². The van der Waals surface area contributed by atoms with E-state index in [1.54, 1.807) is 12.3 Å². The van der Waals surface area contributed by atoms with Gasteiger partial charge in [-0.1, -0.05) is 0 Å². The number of aromatic nitrogens is 2. The van der Waals surface area contributed by atoms with E-state index in [1.807, 2.05) is 6.92 Å². The Kier molecular flexibility index (Phi) is 2.87. The molecule has 2 aromatic heterocycles. The summed E-state index contributed by atoms with van der Waals surface area (Å²) in [5.74, 6) is -0.515. The molecule has 2 aromatic rings. The first-order valence-corrected chi connectivity index (χ1v) is 5.38. The number of halogens is 2. The molecular weight excluding hydrogens is 275 g/mol. The Labute approximate surface area is 99.7 Å². The standard InChI is InChI=1S/C11H8BrFN2O/c1-7-5-8(12)11(16)15(6-7)10-9(13)3-2-4-14-10/h2-6H,1H3. The summed E-state index contributed by atoms with van der Waals surface area (Å²) in [6.07, 6.45) is 3.00. The Bertz CT molecular complexity index is 595. The minimum absolute atomic E-state index is 0.0110. The molecule has 2 heterocycles. The zero-order valence-corrected chi connectivity index (χ0v) is 10.0. The molecule has 0 spiro atoms. The third kappa shape index (κ3) is 1.90. The molecule has 0 fully saturated rings. The zero-order valence-electron chi connectivity index (χ0n) is 8.45. The predicted octanol–water partition coefficient (Wildman–Crippen LogP) is 2.44. The van der Waals surface area contributed by atoms with Crippen LogP contribution in [0.5, 0.6) is 0 Å². The van der Waals surface area contributed by atoms with E-state index in [-0.39, 0.29) is 11.4 Å². The van der Waals surface area contributed by atoms with Crippen molar-refractivity contribution in [2.24, 2.45) is 0 Å². The lowest BCUT2D eigenvalue weighted by Gasteiger charge is -2.07. The third-order valence-corrected chi connectivity index (χ3v) is 2.65. The molecule has 0 unspecified atom stereocenters. The number of pyridine rings is 2. The van der Waals surface area contributed by atoms with Crippen molar-refractivity contribution in [3.8, 4) is 5.82 Å². The van der Waals surface area contributed by atoms with Crippen LogP contribution in [0.15, 0.2) is 39.9 Å². The van der Waals surface area contributed by atoms with Crippen LogP contribution in [0.1, 0.15) is 5.56 Å². The van der Waals surface area contributed by atoms with Crippen LogP contribution in [0.4, 0.5) is 4.39 Å². The molecule has 82 valence electrons. The molecule has 0 bridgehead atoms. The van der Waals surface area contributed by atoms with E-state index < -0.39 is 5.82 Å². The van der Waals surface area contributed by atoms with Crippen LogP contribution in [0.2, 0.25) is 0 Å². The molecule has 0 aliphatic carbocycles. The molecule has 16 heavy (non-hydrogen) atoms. The summed E-state index contributed by atoms with van der Waals surface area (Å²) in [6, 6.07) is 4.43. The van der Waals surface area contributed by atoms with E-state index in [2.05, 4.69) is 20.9 Å². The van der Waals surface area contributed by atoms with Crippen molar-refractivity contribution in [2.45, 2.75) is 6.92 Å². The second-order valence-corrected chi connectivity index (χ2v) is 4.20. The molecule has 2 rings (SSSR count). The summed E-state index contributed by atoms with van der Waals surface area (Å²) in [7, 11) is 0. The fourth-order valence-corrected chi connectivity index (χ4v) is 1.94. The maximum absolute atomic E-state index is 13.5. The average Bonchev–Trinajstić information content (AvgIpc) is 2.24. The van der Waals surface area contributed by atoms with Gasteiger partial charge in [0.15, 0.2) is 11.6 Å². The summed E-state index contributed by atoms with van der Waals surface area (Å²) in [5.41, 5.74) is 0.514. The summed E-state index contributed by atoms with van der Waals surface area (Å²) >= 11 is 3.14.